The highest BCUT2D eigenvalue weighted by atomic mass is 16.6. The topological polar surface area (TPSA) is 82.2 Å². The maximum absolute atomic E-state index is 12.2. The Balaban J connectivity index is 1.73. The summed E-state index contributed by atoms with van der Waals surface area (Å²) < 4.78 is 0. The summed E-state index contributed by atoms with van der Waals surface area (Å²) in [5, 5.41) is 13.7. The van der Waals surface area contributed by atoms with E-state index in [9.17, 15) is 14.9 Å². The van der Waals surface area contributed by atoms with Crippen LogP contribution in [0.2, 0.25) is 0 Å². The molecule has 0 saturated carbocycles. The molecule has 1 heterocycles. The minimum Gasteiger partial charge on any atom is -0.297 e. The molecule has 2 aromatic rings. The van der Waals surface area contributed by atoms with Gasteiger partial charge in [0.1, 0.15) is 0 Å². The molecule has 1 N–H and O–H groups in total. The molecular formula is C15H12N2O3. The van der Waals surface area contributed by atoms with Crippen LogP contribution in [0.25, 0.3) is 0 Å². The predicted molar refractivity (Wildman–Crippen MR) is 73.5 cm³/mol. The van der Waals surface area contributed by atoms with E-state index < -0.39 is 4.92 Å². The Morgan fingerprint density at radius 2 is 1.70 bits per heavy atom. The Hall–Kier alpha value is -2.53. The number of non-ortho nitro benzene ring substituents is 1. The summed E-state index contributed by atoms with van der Waals surface area (Å²) in [6, 6.07) is 15.1. The Morgan fingerprint density at radius 1 is 1.05 bits per heavy atom. The van der Waals surface area contributed by atoms with Gasteiger partial charge in [0.25, 0.3) is 5.69 Å². The first-order valence-corrected chi connectivity index (χ1v) is 6.26. The first-order chi connectivity index (χ1) is 9.66. The summed E-state index contributed by atoms with van der Waals surface area (Å²) in [6.45, 7) is 0. The minimum atomic E-state index is -0.434. The van der Waals surface area contributed by atoms with E-state index >= 15 is 0 Å². The summed E-state index contributed by atoms with van der Waals surface area (Å²) in [7, 11) is 0. The SMILES string of the molecule is O=C(c1ccccc1)[C@@H]1N[C@@H]1c1ccc([N+](=O)[O-])cc1. The minimum absolute atomic E-state index is 0.0500. The Labute approximate surface area is 115 Å². The van der Waals surface area contributed by atoms with E-state index in [1.54, 1.807) is 24.3 Å². The zero-order chi connectivity index (χ0) is 14.1. The number of nitro benzene ring substituents is 1. The number of nitro groups is 1. The van der Waals surface area contributed by atoms with Crippen LogP contribution in [-0.2, 0) is 0 Å². The van der Waals surface area contributed by atoms with Crippen LogP contribution in [0, 0.1) is 10.1 Å². The third-order valence-electron chi connectivity index (χ3n) is 3.39. The number of Topliss-reactive ketones (excluding diaryl/α,β-unsaturated/α-hetero) is 1. The van der Waals surface area contributed by atoms with E-state index in [-0.39, 0.29) is 23.6 Å². The number of nitrogens with zero attached hydrogens (tertiary/aromatic N) is 1. The van der Waals surface area contributed by atoms with Gasteiger partial charge in [-0.25, -0.2) is 0 Å². The second-order valence-corrected chi connectivity index (χ2v) is 4.70. The molecule has 5 nitrogen and oxygen atoms in total. The summed E-state index contributed by atoms with van der Waals surface area (Å²) >= 11 is 0. The van der Waals surface area contributed by atoms with Crippen LogP contribution in [-0.4, -0.2) is 16.7 Å². The Morgan fingerprint density at radius 3 is 2.30 bits per heavy atom. The first-order valence-electron chi connectivity index (χ1n) is 6.26. The van der Waals surface area contributed by atoms with Crippen LogP contribution >= 0.6 is 0 Å². The van der Waals surface area contributed by atoms with Gasteiger partial charge in [-0.1, -0.05) is 42.5 Å². The van der Waals surface area contributed by atoms with Crippen molar-refractivity contribution in [3.63, 3.8) is 0 Å². The van der Waals surface area contributed by atoms with Crippen molar-refractivity contribution in [2.24, 2.45) is 0 Å². The van der Waals surface area contributed by atoms with Gasteiger partial charge >= 0.3 is 0 Å². The fourth-order valence-corrected chi connectivity index (χ4v) is 2.24. The van der Waals surface area contributed by atoms with E-state index in [0.717, 1.165) is 5.56 Å². The van der Waals surface area contributed by atoms with Gasteiger partial charge in [0.2, 0.25) is 0 Å². The van der Waals surface area contributed by atoms with E-state index in [1.165, 1.54) is 12.1 Å². The molecule has 0 aromatic heterocycles. The van der Waals surface area contributed by atoms with E-state index in [2.05, 4.69) is 5.32 Å². The average molecular weight is 268 g/mol. The highest BCUT2D eigenvalue weighted by Gasteiger charge is 2.43. The van der Waals surface area contributed by atoms with Crippen LogP contribution < -0.4 is 5.32 Å². The summed E-state index contributed by atoms with van der Waals surface area (Å²) in [5.41, 5.74) is 1.62. The molecule has 20 heavy (non-hydrogen) atoms. The van der Waals surface area contributed by atoms with Crippen LogP contribution in [0.1, 0.15) is 22.0 Å². The molecule has 100 valence electrons. The van der Waals surface area contributed by atoms with E-state index in [1.807, 2.05) is 18.2 Å². The molecule has 1 saturated heterocycles. The number of nitrogens with one attached hydrogen (secondary N) is 1. The van der Waals surface area contributed by atoms with Crippen molar-refractivity contribution in [2.45, 2.75) is 12.1 Å². The lowest BCUT2D eigenvalue weighted by atomic mass is 10.0. The van der Waals surface area contributed by atoms with Crippen molar-refractivity contribution in [1.29, 1.82) is 0 Å². The number of hydrogen-bond acceptors (Lipinski definition) is 4. The zero-order valence-corrected chi connectivity index (χ0v) is 10.5. The van der Waals surface area contributed by atoms with Crippen molar-refractivity contribution in [1.82, 2.24) is 5.32 Å². The number of rotatable bonds is 4. The number of ketones is 1. The largest absolute Gasteiger partial charge is 0.297 e. The molecule has 2 aromatic carbocycles. The second-order valence-electron chi connectivity index (χ2n) is 4.70. The second kappa shape index (κ2) is 4.86. The van der Waals surface area contributed by atoms with Gasteiger partial charge in [-0.05, 0) is 5.56 Å². The predicted octanol–water partition coefficient (Wildman–Crippen LogP) is 2.49. The Bertz CT molecular complexity index is 653. The van der Waals surface area contributed by atoms with Gasteiger partial charge in [-0.15, -0.1) is 0 Å². The van der Waals surface area contributed by atoms with Gasteiger partial charge in [0.15, 0.2) is 5.78 Å². The fourth-order valence-electron chi connectivity index (χ4n) is 2.24. The van der Waals surface area contributed by atoms with Crippen molar-refractivity contribution in [3.8, 4) is 0 Å². The highest BCUT2D eigenvalue weighted by Crippen LogP contribution is 2.32. The summed E-state index contributed by atoms with van der Waals surface area (Å²) in [4.78, 5) is 22.4. The molecule has 0 spiro atoms. The van der Waals surface area contributed by atoms with Crippen molar-refractivity contribution in [3.05, 3.63) is 75.8 Å². The Kier molecular flexibility index (Phi) is 3.04. The van der Waals surface area contributed by atoms with Crippen molar-refractivity contribution in [2.75, 3.05) is 0 Å². The van der Waals surface area contributed by atoms with Gasteiger partial charge in [0.05, 0.1) is 17.0 Å². The lowest BCUT2D eigenvalue weighted by Crippen LogP contribution is -2.09. The third-order valence-corrected chi connectivity index (χ3v) is 3.39. The molecule has 2 atom stereocenters. The van der Waals surface area contributed by atoms with Gasteiger partial charge in [-0.2, -0.15) is 0 Å². The number of benzene rings is 2. The number of hydrogen-bond donors (Lipinski definition) is 1. The molecule has 1 fully saturated rings. The third kappa shape index (κ3) is 2.31. The van der Waals surface area contributed by atoms with Gasteiger partial charge in [-0.3, -0.25) is 20.2 Å². The monoisotopic (exact) mass is 268 g/mol. The first kappa shape index (κ1) is 12.5. The lowest BCUT2D eigenvalue weighted by molar-refractivity contribution is -0.384. The molecule has 5 heteroatoms. The fraction of sp³-hybridized carbons (Fsp3) is 0.133. The quantitative estimate of drug-likeness (QED) is 0.399. The van der Waals surface area contributed by atoms with Crippen LogP contribution in [0.5, 0.6) is 0 Å². The maximum atomic E-state index is 12.2. The molecular weight excluding hydrogens is 256 g/mol. The lowest BCUT2D eigenvalue weighted by Gasteiger charge is -1.99. The van der Waals surface area contributed by atoms with Gasteiger partial charge < -0.3 is 0 Å². The summed E-state index contributed by atoms with van der Waals surface area (Å²) in [6.07, 6.45) is 0. The molecule has 1 aliphatic heterocycles. The highest BCUT2D eigenvalue weighted by molar-refractivity contribution is 6.02. The molecule has 0 aliphatic carbocycles. The van der Waals surface area contributed by atoms with Crippen LogP contribution in [0.15, 0.2) is 54.6 Å². The van der Waals surface area contributed by atoms with Gasteiger partial charge in [0, 0.05) is 17.7 Å². The number of carbonyl (C=O) groups is 1. The summed E-state index contributed by atoms with van der Waals surface area (Å²) in [5.74, 6) is 0.0500. The smallest absolute Gasteiger partial charge is 0.269 e. The number of carbonyl (C=O) groups excluding carboxylic acids is 1. The van der Waals surface area contributed by atoms with Crippen LogP contribution in [0.3, 0.4) is 0 Å². The molecule has 0 radical (unpaired) electrons. The normalized spacial score (nSPS) is 20.4. The zero-order valence-electron chi connectivity index (χ0n) is 10.5. The van der Waals surface area contributed by atoms with E-state index in [0.29, 0.717) is 5.56 Å². The van der Waals surface area contributed by atoms with Crippen molar-refractivity contribution >= 4 is 11.5 Å². The molecule has 1 aliphatic rings. The standard InChI is InChI=1S/C15H12N2O3/c18-15(11-4-2-1-3-5-11)14-13(16-14)10-6-8-12(9-7-10)17(19)20/h1-9,13-14,16H/t13-,14-/m1/s1. The average Bonchev–Trinajstić information content (AvgIpc) is 3.28. The van der Waals surface area contributed by atoms with Crippen LogP contribution in [0.4, 0.5) is 5.69 Å². The molecule has 0 amide bonds. The maximum Gasteiger partial charge on any atom is 0.269 e. The molecule has 0 unspecified atom stereocenters. The van der Waals surface area contributed by atoms with E-state index in [4.69, 9.17) is 0 Å². The molecule has 3 rings (SSSR count). The molecule has 0 bridgehead atoms. The van der Waals surface area contributed by atoms with Crippen molar-refractivity contribution < 1.29 is 9.72 Å².